The molecule has 5 nitrogen and oxygen atoms in total. The van der Waals surface area contributed by atoms with E-state index in [0.29, 0.717) is 18.4 Å². The first-order valence-corrected chi connectivity index (χ1v) is 6.48. The molecule has 0 bridgehead atoms. The molecule has 100 valence electrons. The highest BCUT2D eigenvalue weighted by molar-refractivity contribution is 5.31. The topological polar surface area (TPSA) is 56.3 Å². The molecule has 18 heavy (non-hydrogen) atoms. The van der Waals surface area contributed by atoms with Gasteiger partial charge in [0, 0.05) is 24.9 Å². The van der Waals surface area contributed by atoms with Gasteiger partial charge in [-0.2, -0.15) is 4.98 Å². The maximum atomic E-state index is 5.72. The predicted octanol–water partition coefficient (Wildman–Crippen LogP) is 2.16. The Balaban J connectivity index is 2.00. The van der Waals surface area contributed by atoms with E-state index in [4.69, 9.17) is 9.47 Å². The zero-order valence-corrected chi connectivity index (χ0v) is 11.3. The molecule has 1 aliphatic rings. The monoisotopic (exact) mass is 251 g/mol. The Morgan fingerprint density at radius 2 is 2.33 bits per heavy atom. The van der Waals surface area contributed by atoms with E-state index in [-0.39, 0.29) is 5.60 Å². The minimum absolute atomic E-state index is 0.0983. The van der Waals surface area contributed by atoms with Gasteiger partial charge in [-0.05, 0) is 33.6 Å². The summed E-state index contributed by atoms with van der Waals surface area (Å²) >= 11 is 0. The SMILES string of the molecule is CCOc1cc(C)nc(NCC2(C)CCCO2)n1. The van der Waals surface area contributed by atoms with Gasteiger partial charge in [-0.25, -0.2) is 4.98 Å². The molecule has 1 saturated heterocycles. The van der Waals surface area contributed by atoms with Gasteiger partial charge in [0.1, 0.15) is 0 Å². The lowest BCUT2D eigenvalue weighted by molar-refractivity contribution is 0.0314. The Labute approximate surface area is 108 Å². The molecule has 0 saturated carbocycles. The van der Waals surface area contributed by atoms with Crippen molar-refractivity contribution < 1.29 is 9.47 Å². The molecule has 1 N–H and O–H groups in total. The third-order valence-corrected chi connectivity index (χ3v) is 3.04. The van der Waals surface area contributed by atoms with Crippen LogP contribution in [0.4, 0.5) is 5.95 Å². The highest BCUT2D eigenvalue weighted by atomic mass is 16.5. The number of hydrogen-bond donors (Lipinski definition) is 1. The lowest BCUT2D eigenvalue weighted by Crippen LogP contribution is -2.33. The van der Waals surface area contributed by atoms with Gasteiger partial charge in [0.05, 0.1) is 12.2 Å². The summed E-state index contributed by atoms with van der Waals surface area (Å²) in [6.45, 7) is 8.17. The van der Waals surface area contributed by atoms with Gasteiger partial charge < -0.3 is 14.8 Å². The molecule has 1 unspecified atom stereocenters. The quantitative estimate of drug-likeness (QED) is 0.869. The lowest BCUT2D eigenvalue weighted by atomic mass is 10.0. The van der Waals surface area contributed by atoms with Crippen molar-refractivity contribution in [2.75, 3.05) is 25.1 Å². The molecule has 2 rings (SSSR count). The number of aromatic nitrogens is 2. The van der Waals surface area contributed by atoms with Gasteiger partial charge in [-0.3, -0.25) is 0 Å². The number of ether oxygens (including phenoxy) is 2. The number of hydrogen-bond acceptors (Lipinski definition) is 5. The molecular weight excluding hydrogens is 230 g/mol. The van der Waals surface area contributed by atoms with E-state index >= 15 is 0 Å². The largest absolute Gasteiger partial charge is 0.478 e. The molecule has 0 aromatic carbocycles. The Morgan fingerprint density at radius 3 is 3.00 bits per heavy atom. The fraction of sp³-hybridized carbons (Fsp3) is 0.692. The minimum Gasteiger partial charge on any atom is -0.478 e. The average Bonchev–Trinajstić information content (AvgIpc) is 2.74. The smallest absolute Gasteiger partial charge is 0.226 e. The van der Waals surface area contributed by atoms with Crippen molar-refractivity contribution in [3.8, 4) is 5.88 Å². The first-order chi connectivity index (χ1) is 8.61. The molecule has 1 aliphatic heterocycles. The van der Waals surface area contributed by atoms with Crippen LogP contribution in [0.25, 0.3) is 0 Å². The number of nitrogens with one attached hydrogen (secondary N) is 1. The minimum atomic E-state index is -0.0983. The van der Waals surface area contributed by atoms with Crippen LogP contribution in [0.15, 0.2) is 6.07 Å². The van der Waals surface area contributed by atoms with Crippen LogP contribution in [0.5, 0.6) is 5.88 Å². The van der Waals surface area contributed by atoms with Crippen LogP contribution >= 0.6 is 0 Å². The van der Waals surface area contributed by atoms with Crippen LogP contribution in [-0.2, 0) is 4.74 Å². The summed E-state index contributed by atoms with van der Waals surface area (Å²) in [5.74, 6) is 1.22. The first-order valence-electron chi connectivity index (χ1n) is 6.48. The average molecular weight is 251 g/mol. The van der Waals surface area contributed by atoms with E-state index in [1.54, 1.807) is 0 Å². The Kier molecular flexibility index (Phi) is 4.01. The number of aryl methyl sites for hydroxylation is 1. The second kappa shape index (κ2) is 5.52. The van der Waals surface area contributed by atoms with Gasteiger partial charge in [0.2, 0.25) is 11.8 Å². The molecule has 0 radical (unpaired) electrons. The zero-order valence-electron chi connectivity index (χ0n) is 11.3. The standard InChI is InChI=1S/C13H21N3O2/c1-4-17-11-8-10(2)15-12(16-11)14-9-13(3)6-5-7-18-13/h8H,4-7,9H2,1-3H3,(H,14,15,16). The molecule has 1 aromatic heterocycles. The molecule has 1 atom stereocenters. The van der Waals surface area contributed by atoms with E-state index in [1.165, 1.54) is 0 Å². The number of nitrogens with zero attached hydrogens (tertiary/aromatic N) is 2. The molecular formula is C13H21N3O2. The van der Waals surface area contributed by atoms with Crippen molar-refractivity contribution in [2.24, 2.45) is 0 Å². The Morgan fingerprint density at radius 1 is 1.50 bits per heavy atom. The molecule has 0 aliphatic carbocycles. The van der Waals surface area contributed by atoms with E-state index in [9.17, 15) is 0 Å². The van der Waals surface area contributed by atoms with Crippen molar-refractivity contribution in [2.45, 2.75) is 39.2 Å². The Hall–Kier alpha value is -1.36. The van der Waals surface area contributed by atoms with E-state index < -0.39 is 0 Å². The van der Waals surface area contributed by atoms with Crippen molar-refractivity contribution in [3.05, 3.63) is 11.8 Å². The maximum Gasteiger partial charge on any atom is 0.226 e. The molecule has 1 fully saturated rings. The van der Waals surface area contributed by atoms with Gasteiger partial charge >= 0.3 is 0 Å². The van der Waals surface area contributed by atoms with Gasteiger partial charge in [-0.1, -0.05) is 0 Å². The molecule has 0 amide bonds. The fourth-order valence-electron chi connectivity index (χ4n) is 2.08. The van der Waals surface area contributed by atoms with Crippen molar-refractivity contribution >= 4 is 5.95 Å². The normalized spacial score (nSPS) is 23.1. The van der Waals surface area contributed by atoms with Crippen molar-refractivity contribution in [3.63, 3.8) is 0 Å². The van der Waals surface area contributed by atoms with Gasteiger partial charge in [0.25, 0.3) is 0 Å². The zero-order chi connectivity index (χ0) is 13.0. The summed E-state index contributed by atoms with van der Waals surface area (Å²) in [5.41, 5.74) is 0.798. The maximum absolute atomic E-state index is 5.72. The van der Waals surface area contributed by atoms with E-state index in [2.05, 4.69) is 22.2 Å². The second-order valence-corrected chi connectivity index (χ2v) is 4.86. The summed E-state index contributed by atoms with van der Waals surface area (Å²) in [6.07, 6.45) is 2.20. The lowest BCUT2D eigenvalue weighted by Gasteiger charge is -2.23. The third kappa shape index (κ3) is 3.32. The van der Waals surface area contributed by atoms with Gasteiger partial charge in [0.15, 0.2) is 0 Å². The predicted molar refractivity (Wildman–Crippen MR) is 70.0 cm³/mol. The molecule has 0 spiro atoms. The summed E-state index contributed by atoms with van der Waals surface area (Å²) in [7, 11) is 0. The summed E-state index contributed by atoms with van der Waals surface area (Å²) in [4.78, 5) is 8.67. The highest BCUT2D eigenvalue weighted by Gasteiger charge is 2.29. The van der Waals surface area contributed by atoms with Crippen LogP contribution < -0.4 is 10.1 Å². The third-order valence-electron chi connectivity index (χ3n) is 3.04. The fourth-order valence-corrected chi connectivity index (χ4v) is 2.08. The van der Waals surface area contributed by atoms with E-state index in [1.807, 2.05) is 19.9 Å². The van der Waals surface area contributed by atoms with Crippen molar-refractivity contribution in [1.82, 2.24) is 9.97 Å². The van der Waals surface area contributed by atoms with Crippen LogP contribution in [0.2, 0.25) is 0 Å². The second-order valence-electron chi connectivity index (χ2n) is 4.86. The summed E-state index contributed by atoms with van der Waals surface area (Å²) in [5, 5.41) is 3.24. The van der Waals surface area contributed by atoms with Gasteiger partial charge in [-0.15, -0.1) is 0 Å². The summed E-state index contributed by atoms with van der Waals surface area (Å²) < 4.78 is 11.1. The van der Waals surface area contributed by atoms with Crippen LogP contribution in [0, 0.1) is 6.92 Å². The van der Waals surface area contributed by atoms with Crippen LogP contribution in [0.1, 0.15) is 32.4 Å². The highest BCUT2D eigenvalue weighted by Crippen LogP contribution is 2.25. The van der Waals surface area contributed by atoms with Crippen LogP contribution in [0.3, 0.4) is 0 Å². The number of rotatable bonds is 5. The summed E-state index contributed by atoms with van der Waals surface area (Å²) in [6, 6.07) is 1.84. The molecule has 5 heteroatoms. The molecule has 1 aromatic rings. The van der Waals surface area contributed by atoms with Crippen molar-refractivity contribution in [1.29, 1.82) is 0 Å². The van der Waals surface area contributed by atoms with E-state index in [0.717, 1.165) is 31.7 Å². The number of anilines is 1. The molecule has 2 heterocycles. The Bertz CT molecular complexity index is 403. The first kappa shape index (κ1) is 13.1. The van der Waals surface area contributed by atoms with Crippen LogP contribution in [-0.4, -0.2) is 35.3 Å².